The molecule has 1 aromatic rings. The average molecular weight is 247 g/mol. The van der Waals surface area contributed by atoms with Gasteiger partial charge >= 0.3 is 6.18 Å². The molecule has 1 aliphatic heterocycles. The number of nitrogens with one attached hydrogen (secondary N) is 1. The summed E-state index contributed by atoms with van der Waals surface area (Å²) in [5.74, 6) is -2.38. The third kappa shape index (κ3) is 1.67. The average Bonchev–Trinajstić information content (AvgIpc) is 2.57. The molecule has 1 amide bonds. The Balaban J connectivity index is 2.81. The number of benzene rings is 1. The van der Waals surface area contributed by atoms with Crippen LogP contribution in [0, 0.1) is 5.82 Å². The highest BCUT2D eigenvalue weighted by Crippen LogP contribution is 2.38. The van der Waals surface area contributed by atoms with Gasteiger partial charge in [0, 0.05) is 12.1 Å². The van der Waals surface area contributed by atoms with Crippen molar-refractivity contribution in [3.8, 4) is 0 Å². The van der Waals surface area contributed by atoms with Gasteiger partial charge in [0.1, 0.15) is 5.82 Å². The number of hydrogen-bond donors (Lipinski definition) is 1. The number of carbonyl (C=O) groups is 2. The van der Waals surface area contributed by atoms with Crippen molar-refractivity contribution in [3.63, 3.8) is 0 Å². The zero-order chi connectivity index (χ0) is 12.8. The smallest absolute Gasteiger partial charge is 0.348 e. The number of aldehydes is 1. The summed E-state index contributed by atoms with van der Waals surface area (Å²) in [7, 11) is 0. The molecular formula is C10H5F4NO2. The van der Waals surface area contributed by atoms with E-state index in [1.807, 2.05) is 0 Å². The van der Waals surface area contributed by atoms with Gasteiger partial charge in [-0.15, -0.1) is 0 Å². The maximum atomic E-state index is 13.5. The van der Waals surface area contributed by atoms with E-state index in [0.717, 1.165) is 6.07 Å². The highest BCUT2D eigenvalue weighted by Gasteiger charge is 2.41. The van der Waals surface area contributed by atoms with Crippen molar-refractivity contribution in [2.24, 2.45) is 0 Å². The third-order valence-corrected chi connectivity index (χ3v) is 2.48. The minimum atomic E-state index is -4.94. The standard InChI is InChI=1S/C10H5F4NO2/c11-8-4(3-16)1-5-6(2-15-9(5)17)7(8)10(12,13)14/h1,3H,2H2,(H,15,17). The Bertz CT molecular complexity index is 522. The molecule has 3 nitrogen and oxygen atoms in total. The zero-order valence-corrected chi connectivity index (χ0v) is 8.19. The lowest BCUT2D eigenvalue weighted by Crippen LogP contribution is -2.14. The SMILES string of the molecule is O=Cc1cc2c(c(C(F)(F)F)c1F)CNC2=O. The summed E-state index contributed by atoms with van der Waals surface area (Å²) in [6.07, 6.45) is -4.99. The first-order valence-electron chi connectivity index (χ1n) is 4.52. The van der Waals surface area contributed by atoms with Crippen LogP contribution in [0.2, 0.25) is 0 Å². The largest absolute Gasteiger partial charge is 0.419 e. The van der Waals surface area contributed by atoms with Crippen LogP contribution in [0.3, 0.4) is 0 Å². The van der Waals surface area contributed by atoms with Gasteiger partial charge < -0.3 is 5.32 Å². The number of fused-ring (bicyclic) bond motifs is 1. The molecule has 1 aromatic carbocycles. The molecule has 0 spiro atoms. The summed E-state index contributed by atoms with van der Waals surface area (Å²) in [6.45, 7) is -0.390. The van der Waals surface area contributed by atoms with Crippen molar-refractivity contribution in [1.29, 1.82) is 0 Å². The molecule has 90 valence electrons. The second-order valence-electron chi connectivity index (χ2n) is 3.48. The van der Waals surface area contributed by atoms with E-state index in [-0.39, 0.29) is 18.4 Å². The monoisotopic (exact) mass is 247 g/mol. The molecule has 0 unspecified atom stereocenters. The fourth-order valence-electron chi connectivity index (χ4n) is 1.75. The molecule has 0 radical (unpaired) electrons. The molecule has 0 atom stereocenters. The molecular weight excluding hydrogens is 242 g/mol. The number of amides is 1. The lowest BCUT2D eigenvalue weighted by molar-refractivity contribution is -0.140. The molecule has 2 rings (SSSR count). The molecule has 0 aliphatic carbocycles. The number of carbonyl (C=O) groups excluding carboxylic acids is 2. The predicted octanol–water partition coefficient (Wildman–Crippen LogP) is 1.90. The Morgan fingerprint density at radius 3 is 2.53 bits per heavy atom. The topological polar surface area (TPSA) is 46.2 Å². The van der Waals surface area contributed by atoms with E-state index in [9.17, 15) is 27.2 Å². The summed E-state index contributed by atoms with van der Waals surface area (Å²) in [6, 6.07) is 0.829. The Morgan fingerprint density at radius 2 is 2.00 bits per heavy atom. The van der Waals surface area contributed by atoms with E-state index in [0.29, 0.717) is 0 Å². The molecule has 1 aliphatic rings. The molecule has 1 heterocycles. The Labute approximate surface area is 92.4 Å². The van der Waals surface area contributed by atoms with Crippen LogP contribution >= 0.6 is 0 Å². The third-order valence-electron chi connectivity index (χ3n) is 2.48. The number of halogens is 4. The van der Waals surface area contributed by atoms with Crippen LogP contribution in [0.15, 0.2) is 6.07 Å². The van der Waals surface area contributed by atoms with E-state index >= 15 is 0 Å². The van der Waals surface area contributed by atoms with E-state index < -0.39 is 34.6 Å². The van der Waals surface area contributed by atoms with Crippen LogP contribution in [0.1, 0.15) is 31.8 Å². The summed E-state index contributed by atoms with van der Waals surface area (Å²) in [5, 5.41) is 2.15. The first-order valence-corrected chi connectivity index (χ1v) is 4.52. The highest BCUT2D eigenvalue weighted by atomic mass is 19.4. The lowest BCUT2D eigenvalue weighted by atomic mass is 9.98. The van der Waals surface area contributed by atoms with Crippen LogP contribution in [-0.4, -0.2) is 12.2 Å². The predicted molar refractivity (Wildman–Crippen MR) is 48.0 cm³/mol. The van der Waals surface area contributed by atoms with E-state index in [1.165, 1.54) is 0 Å². The fraction of sp³-hybridized carbons (Fsp3) is 0.200. The molecule has 1 N–H and O–H groups in total. The Hall–Kier alpha value is -1.92. The Kier molecular flexibility index (Phi) is 2.41. The van der Waals surface area contributed by atoms with Gasteiger partial charge in [-0.3, -0.25) is 9.59 Å². The summed E-state index contributed by atoms with van der Waals surface area (Å²) in [5.41, 5.74) is -3.07. The fourth-order valence-corrected chi connectivity index (χ4v) is 1.75. The van der Waals surface area contributed by atoms with E-state index in [2.05, 4.69) is 5.32 Å². The van der Waals surface area contributed by atoms with Crippen molar-refractivity contribution < 1.29 is 27.2 Å². The summed E-state index contributed by atoms with van der Waals surface area (Å²) in [4.78, 5) is 21.7. The Morgan fingerprint density at radius 1 is 1.35 bits per heavy atom. The van der Waals surface area contributed by atoms with Gasteiger partial charge in [-0.1, -0.05) is 0 Å². The first kappa shape index (κ1) is 11.6. The zero-order valence-electron chi connectivity index (χ0n) is 8.19. The first-order chi connectivity index (χ1) is 7.86. The van der Waals surface area contributed by atoms with Crippen LogP contribution < -0.4 is 5.32 Å². The molecule has 0 saturated carbocycles. The van der Waals surface area contributed by atoms with Crippen molar-refractivity contribution in [2.75, 3.05) is 0 Å². The van der Waals surface area contributed by atoms with Gasteiger partial charge in [0.25, 0.3) is 5.91 Å². The van der Waals surface area contributed by atoms with E-state index in [4.69, 9.17) is 0 Å². The van der Waals surface area contributed by atoms with Crippen molar-refractivity contribution in [3.05, 3.63) is 34.1 Å². The quantitative estimate of drug-likeness (QED) is 0.608. The maximum absolute atomic E-state index is 13.5. The second-order valence-corrected chi connectivity index (χ2v) is 3.48. The van der Waals surface area contributed by atoms with Crippen LogP contribution in [0.4, 0.5) is 17.6 Å². The van der Waals surface area contributed by atoms with Gasteiger partial charge in [-0.05, 0) is 11.6 Å². The van der Waals surface area contributed by atoms with Gasteiger partial charge in [0.15, 0.2) is 6.29 Å². The molecule has 0 aromatic heterocycles. The summed E-state index contributed by atoms with van der Waals surface area (Å²) >= 11 is 0. The van der Waals surface area contributed by atoms with Crippen molar-refractivity contribution in [2.45, 2.75) is 12.7 Å². The molecule has 7 heteroatoms. The number of hydrogen-bond acceptors (Lipinski definition) is 2. The second kappa shape index (κ2) is 3.54. The van der Waals surface area contributed by atoms with Crippen molar-refractivity contribution in [1.82, 2.24) is 5.32 Å². The molecule has 0 saturated heterocycles. The summed E-state index contributed by atoms with van der Waals surface area (Å²) < 4.78 is 51.4. The van der Waals surface area contributed by atoms with Crippen LogP contribution in [0.5, 0.6) is 0 Å². The minimum Gasteiger partial charge on any atom is -0.348 e. The van der Waals surface area contributed by atoms with Gasteiger partial charge in [-0.2, -0.15) is 13.2 Å². The van der Waals surface area contributed by atoms with Gasteiger partial charge in [-0.25, -0.2) is 4.39 Å². The molecule has 17 heavy (non-hydrogen) atoms. The number of rotatable bonds is 1. The van der Waals surface area contributed by atoms with Crippen LogP contribution in [0.25, 0.3) is 0 Å². The molecule has 0 bridgehead atoms. The highest BCUT2D eigenvalue weighted by molar-refractivity contribution is 6.00. The minimum absolute atomic E-state index is 0.0452. The maximum Gasteiger partial charge on any atom is 0.419 e. The van der Waals surface area contributed by atoms with Gasteiger partial charge in [0.05, 0.1) is 11.1 Å². The molecule has 0 fully saturated rings. The number of alkyl halides is 3. The van der Waals surface area contributed by atoms with E-state index in [1.54, 1.807) is 0 Å². The van der Waals surface area contributed by atoms with Gasteiger partial charge in [0.2, 0.25) is 0 Å². The van der Waals surface area contributed by atoms with Crippen molar-refractivity contribution >= 4 is 12.2 Å². The lowest BCUT2D eigenvalue weighted by Gasteiger charge is -2.13. The normalized spacial score (nSPS) is 14.5. The van der Waals surface area contributed by atoms with Crippen LogP contribution in [-0.2, 0) is 12.7 Å².